The van der Waals surface area contributed by atoms with Crippen molar-refractivity contribution in [2.45, 2.75) is 26.3 Å². The summed E-state index contributed by atoms with van der Waals surface area (Å²) in [5, 5.41) is 7.08. The molecule has 25 heavy (non-hydrogen) atoms. The Hall–Kier alpha value is -2.96. The summed E-state index contributed by atoms with van der Waals surface area (Å²) >= 11 is 0. The third-order valence-corrected chi connectivity index (χ3v) is 4.10. The van der Waals surface area contributed by atoms with Gasteiger partial charge in [-0.2, -0.15) is 5.10 Å². The largest absolute Gasteiger partial charge is 0.344 e. The van der Waals surface area contributed by atoms with Crippen molar-refractivity contribution >= 4 is 5.91 Å². The van der Waals surface area contributed by atoms with E-state index in [1.165, 1.54) is 12.1 Å². The van der Waals surface area contributed by atoms with Gasteiger partial charge in [0.15, 0.2) is 0 Å². The van der Waals surface area contributed by atoms with Gasteiger partial charge in [-0.05, 0) is 37.6 Å². The molecular formula is C18H20FN5O. The number of carbonyl (C=O) groups excluding carboxylic acids is 1. The van der Waals surface area contributed by atoms with Gasteiger partial charge in [0, 0.05) is 24.4 Å². The van der Waals surface area contributed by atoms with E-state index >= 15 is 0 Å². The monoisotopic (exact) mass is 341 g/mol. The smallest absolute Gasteiger partial charge is 0.251 e. The summed E-state index contributed by atoms with van der Waals surface area (Å²) in [5.74, 6) is -0.0685. The van der Waals surface area contributed by atoms with Crippen LogP contribution in [0.3, 0.4) is 0 Å². The predicted octanol–water partition coefficient (Wildman–Crippen LogP) is 3.14. The van der Waals surface area contributed by atoms with E-state index in [1.807, 2.05) is 27.0 Å². The van der Waals surface area contributed by atoms with Crippen LogP contribution < -0.4 is 5.32 Å². The van der Waals surface area contributed by atoms with Gasteiger partial charge < -0.3 is 10.3 Å². The second-order valence-corrected chi connectivity index (χ2v) is 5.92. The van der Waals surface area contributed by atoms with E-state index < -0.39 is 5.82 Å². The number of halogens is 1. The Kier molecular flexibility index (Phi) is 4.65. The Labute approximate surface area is 145 Å². The molecule has 0 aliphatic carbocycles. The van der Waals surface area contributed by atoms with Crippen LogP contribution in [0, 0.1) is 12.7 Å². The average molecular weight is 341 g/mol. The second kappa shape index (κ2) is 6.88. The first-order chi connectivity index (χ1) is 12.0. The van der Waals surface area contributed by atoms with Crippen molar-refractivity contribution in [3.05, 3.63) is 59.6 Å². The van der Waals surface area contributed by atoms with E-state index in [9.17, 15) is 9.18 Å². The van der Waals surface area contributed by atoms with Gasteiger partial charge in [0.25, 0.3) is 5.91 Å². The van der Waals surface area contributed by atoms with Gasteiger partial charge >= 0.3 is 0 Å². The van der Waals surface area contributed by atoms with Crippen molar-refractivity contribution in [1.82, 2.24) is 25.1 Å². The Bertz CT molecular complexity index is 899. The highest BCUT2D eigenvalue weighted by atomic mass is 19.1. The molecule has 0 aliphatic heterocycles. The zero-order valence-corrected chi connectivity index (χ0v) is 14.4. The number of hydrogen-bond donors (Lipinski definition) is 2. The number of carbonyl (C=O) groups is 1. The minimum absolute atomic E-state index is 0.193. The van der Waals surface area contributed by atoms with Crippen molar-refractivity contribution in [1.29, 1.82) is 0 Å². The molecule has 130 valence electrons. The lowest BCUT2D eigenvalue weighted by atomic mass is 10.1. The first-order valence-electron chi connectivity index (χ1n) is 8.09. The van der Waals surface area contributed by atoms with Crippen molar-refractivity contribution in [3.63, 3.8) is 0 Å². The van der Waals surface area contributed by atoms with Crippen molar-refractivity contribution < 1.29 is 9.18 Å². The van der Waals surface area contributed by atoms with Crippen LogP contribution in [0.2, 0.25) is 0 Å². The molecule has 6 nitrogen and oxygen atoms in total. The number of imidazole rings is 1. The fourth-order valence-corrected chi connectivity index (χ4v) is 2.80. The summed E-state index contributed by atoms with van der Waals surface area (Å²) in [6.45, 7) is 3.79. The number of nitrogens with one attached hydrogen (secondary N) is 2. The molecule has 0 spiro atoms. The molecular weight excluding hydrogens is 321 g/mol. The maximum atomic E-state index is 14.0. The molecule has 1 unspecified atom stereocenters. The fraction of sp³-hybridized carbons (Fsp3) is 0.278. The molecule has 2 N–H and O–H groups in total. The summed E-state index contributed by atoms with van der Waals surface area (Å²) in [6, 6.07) is 5.93. The van der Waals surface area contributed by atoms with E-state index in [0.717, 1.165) is 11.5 Å². The van der Waals surface area contributed by atoms with Gasteiger partial charge in [-0.3, -0.25) is 9.48 Å². The number of hydrogen-bond acceptors (Lipinski definition) is 3. The predicted molar refractivity (Wildman–Crippen MR) is 92.4 cm³/mol. The van der Waals surface area contributed by atoms with Crippen LogP contribution in [0.1, 0.15) is 41.3 Å². The lowest BCUT2D eigenvalue weighted by Gasteiger charge is -2.17. The van der Waals surface area contributed by atoms with E-state index in [1.54, 1.807) is 23.1 Å². The Morgan fingerprint density at radius 1 is 1.40 bits per heavy atom. The van der Waals surface area contributed by atoms with Gasteiger partial charge in [0.1, 0.15) is 11.6 Å². The van der Waals surface area contributed by atoms with E-state index in [2.05, 4.69) is 20.4 Å². The lowest BCUT2D eigenvalue weighted by molar-refractivity contribution is 0.0933. The summed E-state index contributed by atoms with van der Waals surface area (Å²) < 4.78 is 15.7. The lowest BCUT2D eigenvalue weighted by Crippen LogP contribution is -2.29. The number of rotatable bonds is 5. The summed E-state index contributed by atoms with van der Waals surface area (Å²) in [7, 11) is 1.82. The van der Waals surface area contributed by atoms with Gasteiger partial charge in [0.05, 0.1) is 23.6 Å². The molecule has 1 amide bonds. The number of aromatic amines is 1. The third kappa shape index (κ3) is 3.60. The molecule has 2 heterocycles. The highest BCUT2D eigenvalue weighted by Crippen LogP contribution is 2.22. The normalized spacial score (nSPS) is 12.2. The molecule has 0 radical (unpaired) electrons. The van der Waals surface area contributed by atoms with E-state index in [-0.39, 0.29) is 17.5 Å². The summed E-state index contributed by atoms with van der Waals surface area (Å²) in [6.07, 6.45) is 4.01. The second-order valence-electron chi connectivity index (χ2n) is 5.92. The maximum Gasteiger partial charge on any atom is 0.251 e. The van der Waals surface area contributed by atoms with Crippen LogP contribution in [0.4, 0.5) is 4.39 Å². The van der Waals surface area contributed by atoms with Crippen molar-refractivity contribution in [2.75, 3.05) is 0 Å². The summed E-state index contributed by atoms with van der Waals surface area (Å²) in [4.78, 5) is 19.8. The molecule has 7 heteroatoms. The SMILES string of the molecule is CCC(NC(=O)c1cc(F)cc(-c2cnc(C)[nH]2)c1)c1ccnn1C. The molecule has 3 rings (SSSR count). The molecule has 0 fully saturated rings. The number of benzene rings is 1. The van der Waals surface area contributed by atoms with Crippen LogP contribution in [-0.4, -0.2) is 25.7 Å². The summed E-state index contributed by atoms with van der Waals surface area (Å²) in [5.41, 5.74) is 2.42. The zero-order chi connectivity index (χ0) is 18.0. The molecule has 2 aromatic heterocycles. The molecule has 0 saturated carbocycles. The first kappa shape index (κ1) is 16.9. The Morgan fingerprint density at radius 2 is 2.20 bits per heavy atom. The van der Waals surface area contributed by atoms with Crippen molar-refractivity contribution in [3.8, 4) is 11.3 Å². The molecule has 1 atom stereocenters. The van der Waals surface area contributed by atoms with Crippen LogP contribution in [-0.2, 0) is 7.05 Å². The van der Waals surface area contributed by atoms with Crippen LogP contribution in [0.15, 0.2) is 36.7 Å². The minimum Gasteiger partial charge on any atom is -0.344 e. The van der Waals surface area contributed by atoms with Gasteiger partial charge in [-0.15, -0.1) is 0 Å². The van der Waals surface area contributed by atoms with Gasteiger partial charge in [0.2, 0.25) is 0 Å². The van der Waals surface area contributed by atoms with E-state index in [0.29, 0.717) is 17.7 Å². The quantitative estimate of drug-likeness (QED) is 0.748. The average Bonchev–Trinajstić information content (AvgIpc) is 3.20. The van der Waals surface area contributed by atoms with Crippen LogP contribution in [0.5, 0.6) is 0 Å². The molecule has 0 bridgehead atoms. The number of aryl methyl sites for hydroxylation is 2. The first-order valence-corrected chi connectivity index (χ1v) is 8.09. The van der Waals surface area contributed by atoms with E-state index in [4.69, 9.17) is 0 Å². The van der Waals surface area contributed by atoms with Gasteiger partial charge in [-0.1, -0.05) is 6.92 Å². The molecule has 0 aliphatic rings. The standard InChI is InChI=1S/C18H20FN5O/c1-4-15(17-5-6-21-24(17)3)23-18(25)13-7-12(8-14(19)9-13)16-10-20-11(2)22-16/h5-10,15H,4H2,1-3H3,(H,20,22)(H,23,25). The maximum absolute atomic E-state index is 14.0. The number of amides is 1. The third-order valence-electron chi connectivity index (χ3n) is 4.10. The van der Waals surface area contributed by atoms with Gasteiger partial charge in [-0.25, -0.2) is 9.37 Å². The minimum atomic E-state index is -0.469. The molecule has 1 aromatic carbocycles. The number of nitrogens with zero attached hydrogens (tertiary/aromatic N) is 3. The number of aromatic nitrogens is 4. The van der Waals surface area contributed by atoms with Crippen LogP contribution in [0.25, 0.3) is 11.3 Å². The zero-order valence-electron chi connectivity index (χ0n) is 14.4. The highest BCUT2D eigenvalue weighted by molar-refractivity contribution is 5.95. The molecule has 0 saturated heterocycles. The topological polar surface area (TPSA) is 75.6 Å². The highest BCUT2D eigenvalue weighted by Gasteiger charge is 2.18. The Balaban J connectivity index is 1.87. The Morgan fingerprint density at radius 3 is 2.80 bits per heavy atom. The number of H-pyrrole nitrogens is 1. The fourth-order valence-electron chi connectivity index (χ4n) is 2.80. The van der Waals surface area contributed by atoms with Crippen LogP contribution >= 0.6 is 0 Å². The molecule has 3 aromatic rings. The van der Waals surface area contributed by atoms with Crippen molar-refractivity contribution in [2.24, 2.45) is 7.05 Å².